The first-order valence-electron chi connectivity index (χ1n) is 7.08. The fourth-order valence-electron chi connectivity index (χ4n) is 1.66. The number of hydrogen-bond acceptors (Lipinski definition) is 6. The number of sulfonamides is 1. The van der Waals surface area contributed by atoms with Crippen molar-refractivity contribution in [1.29, 1.82) is 0 Å². The zero-order chi connectivity index (χ0) is 17.3. The third-order valence-electron chi connectivity index (χ3n) is 2.69. The molecule has 23 heavy (non-hydrogen) atoms. The molecule has 9 heteroatoms. The highest BCUT2D eigenvalue weighted by atomic mass is 32.2. The van der Waals surface area contributed by atoms with Crippen LogP contribution < -0.4 is 10.0 Å². The lowest BCUT2D eigenvalue weighted by atomic mass is 10.1. The van der Waals surface area contributed by atoms with Crippen LogP contribution in [0.15, 0.2) is 29.2 Å². The molecule has 0 unspecified atom stereocenters. The van der Waals surface area contributed by atoms with Crippen LogP contribution in [-0.2, 0) is 25.9 Å². The van der Waals surface area contributed by atoms with Gasteiger partial charge in [0.2, 0.25) is 0 Å². The Kier molecular flexibility index (Phi) is 7.33. The molecular weight excluding hydrogens is 324 g/mol. The lowest BCUT2D eigenvalue weighted by Gasteiger charge is -2.08. The number of carbonyl (C=O) groups is 2. The molecule has 2 amide bonds. The number of rotatable bonds is 7. The van der Waals surface area contributed by atoms with Crippen molar-refractivity contribution < 1.29 is 27.5 Å². The monoisotopic (exact) mass is 344 g/mol. The summed E-state index contributed by atoms with van der Waals surface area (Å²) in [6.07, 6.45) is -0.995. The van der Waals surface area contributed by atoms with E-state index >= 15 is 0 Å². The van der Waals surface area contributed by atoms with Crippen LogP contribution in [0.4, 0.5) is 9.59 Å². The number of ether oxygens (including phenoxy) is 2. The van der Waals surface area contributed by atoms with Crippen LogP contribution in [0, 0.1) is 0 Å². The minimum absolute atomic E-state index is 0.0485. The maximum absolute atomic E-state index is 11.9. The van der Waals surface area contributed by atoms with Crippen LogP contribution in [0.1, 0.15) is 19.4 Å². The van der Waals surface area contributed by atoms with Gasteiger partial charge in [-0.25, -0.2) is 22.7 Å². The number of amides is 2. The second-order valence-corrected chi connectivity index (χ2v) is 6.05. The highest BCUT2D eigenvalue weighted by Gasteiger charge is 2.17. The van der Waals surface area contributed by atoms with E-state index in [-0.39, 0.29) is 11.5 Å². The molecule has 0 bridgehead atoms. The predicted molar refractivity (Wildman–Crippen MR) is 82.5 cm³/mol. The van der Waals surface area contributed by atoms with Gasteiger partial charge < -0.3 is 14.8 Å². The summed E-state index contributed by atoms with van der Waals surface area (Å²) in [6.45, 7) is 4.03. The summed E-state index contributed by atoms with van der Waals surface area (Å²) < 4.78 is 34.9. The highest BCUT2D eigenvalue weighted by molar-refractivity contribution is 7.90. The molecule has 0 spiro atoms. The minimum Gasteiger partial charge on any atom is -0.450 e. The molecule has 128 valence electrons. The van der Waals surface area contributed by atoms with Crippen molar-refractivity contribution in [2.75, 3.05) is 19.8 Å². The molecule has 0 aliphatic carbocycles. The average Bonchev–Trinajstić information content (AvgIpc) is 2.47. The van der Waals surface area contributed by atoms with Gasteiger partial charge in [0.25, 0.3) is 10.0 Å². The van der Waals surface area contributed by atoms with Gasteiger partial charge in [0.15, 0.2) is 0 Å². The van der Waals surface area contributed by atoms with E-state index in [1.807, 2.05) is 0 Å². The van der Waals surface area contributed by atoms with E-state index in [1.165, 1.54) is 12.1 Å². The molecule has 0 aliphatic rings. The second-order valence-electron chi connectivity index (χ2n) is 4.37. The molecule has 2 N–H and O–H groups in total. The van der Waals surface area contributed by atoms with E-state index in [2.05, 4.69) is 10.1 Å². The van der Waals surface area contributed by atoms with Crippen molar-refractivity contribution in [3.8, 4) is 0 Å². The van der Waals surface area contributed by atoms with E-state index in [0.717, 1.165) is 5.56 Å². The molecule has 1 aromatic rings. The number of nitrogens with one attached hydrogen (secondary N) is 2. The molecule has 0 atom stereocenters. The SMILES string of the molecule is CCOC(=O)NCCc1ccc(S(=O)(=O)NC(=O)OCC)cc1. The average molecular weight is 344 g/mol. The topological polar surface area (TPSA) is 111 Å². The van der Waals surface area contributed by atoms with Crippen molar-refractivity contribution in [3.05, 3.63) is 29.8 Å². The zero-order valence-corrected chi connectivity index (χ0v) is 13.8. The molecule has 0 saturated carbocycles. The van der Waals surface area contributed by atoms with Crippen LogP contribution in [0.25, 0.3) is 0 Å². The van der Waals surface area contributed by atoms with E-state index in [0.29, 0.717) is 19.6 Å². The standard InChI is InChI=1S/C14H20N2O6S/c1-3-21-13(17)15-10-9-11-5-7-12(8-6-11)23(19,20)16-14(18)22-4-2/h5-8H,3-4,9-10H2,1-2H3,(H,15,17)(H,16,18). The van der Waals surface area contributed by atoms with Gasteiger partial charge >= 0.3 is 12.2 Å². The Morgan fingerprint density at radius 1 is 1.00 bits per heavy atom. The Labute approximate surface area is 135 Å². The molecule has 0 aromatic heterocycles. The molecule has 8 nitrogen and oxygen atoms in total. The molecule has 0 radical (unpaired) electrons. The highest BCUT2D eigenvalue weighted by Crippen LogP contribution is 2.11. The number of carbonyl (C=O) groups excluding carboxylic acids is 2. The summed E-state index contributed by atoms with van der Waals surface area (Å²) in [7, 11) is -3.95. The van der Waals surface area contributed by atoms with Gasteiger partial charge in [-0.3, -0.25) is 0 Å². The molecule has 0 saturated heterocycles. The molecular formula is C14H20N2O6S. The fraction of sp³-hybridized carbons (Fsp3) is 0.429. The Morgan fingerprint density at radius 2 is 1.57 bits per heavy atom. The van der Waals surface area contributed by atoms with Crippen LogP contribution >= 0.6 is 0 Å². The van der Waals surface area contributed by atoms with E-state index in [4.69, 9.17) is 4.74 Å². The first-order chi connectivity index (χ1) is 10.9. The van der Waals surface area contributed by atoms with E-state index in [9.17, 15) is 18.0 Å². The van der Waals surface area contributed by atoms with Gasteiger partial charge in [0, 0.05) is 6.54 Å². The normalized spacial score (nSPS) is 10.7. The van der Waals surface area contributed by atoms with E-state index < -0.39 is 22.2 Å². The summed E-state index contributed by atoms with van der Waals surface area (Å²) in [5.41, 5.74) is 0.830. The van der Waals surface area contributed by atoms with Crippen LogP contribution in [-0.4, -0.2) is 40.4 Å². The second kappa shape index (κ2) is 8.99. The van der Waals surface area contributed by atoms with Gasteiger partial charge in [-0.15, -0.1) is 0 Å². The molecule has 0 aliphatic heterocycles. The van der Waals surface area contributed by atoms with E-state index in [1.54, 1.807) is 30.7 Å². The number of alkyl carbamates (subject to hydrolysis) is 1. The third kappa shape index (κ3) is 6.55. The Balaban J connectivity index is 2.58. The van der Waals surface area contributed by atoms with Gasteiger partial charge in [-0.05, 0) is 38.0 Å². The number of benzene rings is 1. The number of hydrogen-bond donors (Lipinski definition) is 2. The van der Waals surface area contributed by atoms with Gasteiger partial charge in [-0.1, -0.05) is 12.1 Å². The maximum Gasteiger partial charge on any atom is 0.421 e. The Hall–Kier alpha value is -2.29. The lowest BCUT2D eigenvalue weighted by molar-refractivity contribution is 0.152. The summed E-state index contributed by atoms with van der Waals surface area (Å²) in [6, 6.07) is 5.96. The van der Waals surface area contributed by atoms with Crippen molar-refractivity contribution in [2.45, 2.75) is 25.2 Å². The van der Waals surface area contributed by atoms with Crippen LogP contribution in [0.3, 0.4) is 0 Å². The first-order valence-corrected chi connectivity index (χ1v) is 8.56. The van der Waals surface area contributed by atoms with Crippen molar-refractivity contribution in [3.63, 3.8) is 0 Å². The smallest absolute Gasteiger partial charge is 0.421 e. The van der Waals surface area contributed by atoms with Crippen molar-refractivity contribution >= 4 is 22.2 Å². The van der Waals surface area contributed by atoms with Gasteiger partial charge in [0.05, 0.1) is 18.1 Å². The lowest BCUT2D eigenvalue weighted by Crippen LogP contribution is -2.31. The van der Waals surface area contributed by atoms with Crippen LogP contribution in [0.2, 0.25) is 0 Å². The minimum atomic E-state index is -3.95. The summed E-state index contributed by atoms with van der Waals surface area (Å²) in [5.74, 6) is 0. The molecule has 0 fully saturated rings. The molecule has 0 heterocycles. The maximum atomic E-state index is 11.9. The first kappa shape index (κ1) is 18.8. The summed E-state index contributed by atoms with van der Waals surface area (Å²) in [4.78, 5) is 22.3. The zero-order valence-electron chi connectivity index (χ0n) is 13.0. The summed E-state index contributed by atoms with van der Waals surface area (Å²) in [5, 5.41) is 2.56. The largest absolute Gasteiger partial charge is 0.450 e. The molecule has 1 aromatic carbocycles. The fourth-order valence-corrected chi connectivity index (χ4v) is 2.55. The predicted octanol–water partition coefficient (Wildman–Crippen LogP) is 1.41. The van der Waals surface area contributed by atoms with Crippen LogP contribution in [0.5, 0.6) is 0 Å². The van der Waals surface area contributed by atoms with Crippen molar-refractivity contribution in [1.82, 2.24) is 10.0 Å². The quantitative estimate of drug-likeness (QED) is 0.774. The molecule has 1 rings (SSSR count). The Morgan fingerprint density at radius 3 is 2.13 bits per heavy atom. The summed E-state index contributed by atoms with van der Waals surface area (Å²) >= 11 is 0. The Bertz CT molecular complexity index is 627. The third-order valence-corrected chi connectivity index (χ3v) is 4.01. The van der Waals surface area contributed by atoms with Gasteiger partial charge in [0.1, 0.15) is 0 Å². The van der Waals surface area contributed by atoms with Gasteiger partial charge in [-0.2, -0.15) is 0 Å². The van der Waals surface area contributed by atoms with Crippen molar-refractivity contribution in [2.24, 2.45) is 0 Å².